The minimum atomic E-state index is -0.963. The van der Waals surface area contributed by atoms with Crippen LogP contribution in [-0.2, 0) is 11.3 Å². The maximum Gasteiger partial charge on any atom is 0.323 e. The molecule has 0 atom stereocenters. The van der Waals surface area contributed by atoms with Gasteiger partial charge in [0.25, 0.3) is 0 Å². The predicted octanol–water partition coefficient (Wildman–Crippen LogP) is 2.10. The Morgan fingerprint density at radius 2 is 1.95 bits per heavy atom. The zero-order valence-corrected chi connectivity index (χ0v) is 11.9. The first-order chi connectivity index (χ1) is 9.49. The first kappa shape index (κ1) is 14.4. The predicted molar refractivity (Wildman–Crippen MR) is 75.4 cm³/mol. The summed E-state index contributed by atoms with van der Waals surface area (Å²) >= 11 is 0. The molecule has 1 aromatic rings. The smallest absolute Gasteiger partial charge is 0.323 e. The molecule has 5 heteroatoms. The summed E-state index contributed by atoms with van der Waals surface area (Å²) in [5, 5.41) is 8.91. The number of amides is 2. The largest absolute Gasteiger partial charge is 0.480 e. The van der Waals surface area contributed by atoms with Crippen LogP contribution in [0.4, 0.5) is 4.79 Å². The Morgan fingerprint density at radius 3 is 2.50 bits per heavy atom. The van der Waals surface area contributed by atoms with Crippen LogP contribution in [0.2, 0.25) is 0 Å². The van der Waals surface area contributed by atoms with Crippen LogP contribution in [0, 0.1) is 6.92 Å². The molecule has 1 fully saturated rings. The van der Waals surface area contributed by atoms with E-state index in [4.69, 9.17) is 5.11 Å². The van der Waals surface area contributed by atoms with Crippen LogP contribution in [0.1, 0.15) is 24.0 Å². The average Bonchev–Trinajstić information content (AvgIpc) is 3.22. The van der Waals surface area contributed by atoms with Gasteiger partial charge in [0.15, 0.2) is 0 Å². The van der Waals surface area contributed by atoms with E-state index in [1.165, 1.54) is 4.90 Å². The number of benzene rings is 1. The summed E-state index contributed by atoms with van der Waals surface area (Å²) in [6, 6.07) is 7.77. The van der Waals surface area contributed by atoms with Crippen LogP contribution >= 0.6 is 0 Å². The van der Waals surface area contributed by atoms with Gasteiger partial charge in [0, 0.05) is 19.6 Å². The topological polar surface area (TPSA) is 60.9 Å². The summed E-state index contributed by atoms with van der Waals surface area (Å²) in [4.78, 5) is 26.3. The molecule has 108 valence electrons. The molecule has 1 aliphatic carbocycles. The number of rotatable bonds is 5. The maximum atomic E-state index is 12.4. The van der Waals surface area contributed by atoms with Crippen molar-refractivity contribution in [2.75, 3.05) is 13.6 Å². The number of hydrogen-bond acceptors (Lipinski definition) is 2. The van der Waals surface area contributed by atoms with Gasteiger partial charge >= 0.3 is 12.0 Å². The number of hydrogen-bond donors (Lipinski definition) is 1. The van der Waals surface area contributed by atoms with Gasteiger partial charge in [-0.05, 0) is 30.9 Å². The maximum absolute atomic E-state index is 12.4. The normalized spacial score (nSPS) is 13.9. The summed E-state index contributed by atoms with van der Waals surface area (Å²) in [5.41, 5.74) is 2.21. The highest BCUT2D eigenvalue weighted by atomic mass is 16.4. The minimum absolute atomic E-state index is 0.0953. The number of urea groups is 1. The van der Waals surface area contributed by atoms with Crippen molar-refractivity contribution in [2.24, 2.45) is 0 Å². The molecule has 0 aromatic heterocycles. The molecule has 0 aliphatic heterocycles. The Hall–Kier alpha value is -2.04. The van der Waals surface area contributed by atoms with E-state index in [1.54, 1.807) is 11.9 Å². The Balaban J connectivity index is 2.03. The van der Waals surface area contributed by atoms with Crippen molar-refractivity contribution in [2.45, 2.75) is 32.4 Å². The standard InChI is InChI=1S/C15H20N2O3/c1-11-5-3-4-6-12(11)9-16(2)15(20)17(10-14(18)19)13-7-8-13/h3-6,13H,7-10H2,1-2H3,(H,18,19). The molecule has 1 N–H and O–H groups in total. The van der Waals surface area contributed by atoms with Crippen molar-refractivity contribution in [3.63, 3.8) is 0 Å². The Morgan fingerprint density at radius 1 is 1.30 bits per heavy atom. The van der Waals surface area contributed by atoms with Crippen LogP contribution in [0.25, 0.3) is 0 Å². The Labute approximate surface area is 118 Å². The monoisotopic (exact) mass is 276 g/mol. The average molecular weight is 276 g/mol. The number of carboxylic acids is 1. The third-order valence-corrected chi connectivity index (χ3v) is 3.53. The molecule has 0 spiro atoms. The van der Waals surface area contributed by atoms with Crippen molar-refractivity contribution in [1.29, 1.82) is 0 Å². The molecule has 0 saturated heterocycles. The SMILES string of the molecule is Cc1ccccc1CN(C)C(=O)N(CC(=O)O)C1CC1. The number of nitrogens with zero attached hydrogens (tertiary/aromatic N) is 2. The molecular weight excluding hydrogens is 256 g/mol. The molecule has 2 amide bonds. The number of carbonyl (C=O) groups is 2. The van der Waals surface area contributed by atoms with Crippen molar-refractivity contribution in [1.82, 2.24) is 9.80 Å². The highest BCUT2D eigenvalue weighted by molar-refractivity contribution is 5.80. The van der Waals surface area contributed by atoms with E-state index in [1.807, 2.05) is 31.2 Å². The Kier molecular flexibility index (Phi) is 4.27. The van der Waals surface area contributed by atoms with E-state index in [9.17, 15) is 9.59 Å². The van der Waals surface area contributed by atoms with E-state index in [0.717, 1.165) is 24.0 Å². The van der Waals surface area contributed by atoms with Crippen molar-refractivity contribution in [3.8, 4) is 0 Å². The van der Waals surface area contributed by atoms with E-state index >= 15 is 0 Å². The third kappa shape index (κ3) is 3.50. The molecule has 1 saturated carbocycles. The summed E-state index contributed by atoms with van der Waals surface area (Å²) < 4.78 is 0. The van der Waals surface area contributed by atoms with Crippen molar-refractivity contribution < 1.29 is 14.7 Å². The summed E-state index contributed by atoms with van der Waals surface area (Å²) in [7, 11) is 1.71. The van der Waals surface area contributed by atoms with Crippen LogP contribution in [0.3, 0.4) is 0 Å². The van der Waals surface area contributed by atoms with Gasteiger partial charge in [-0.3, -0.25) is 4.79 Å². The highest BCUT2D eigenvalue weighted by Gasteiger charge is 2.35. The molecule has 0 bridgehead atoms. The highest BCUT2D eigenvalue weighted by Crippen LogP contribution is 2.27. The lowest BCUT2D eigenvalue weighted by atomic mass is 10.1. The Bertz CT molecular complexity index is 512. The molecule has 20 heavy (non-hydrogen) atoms. The van der Waals surface area contributed by atoms with Crippen molar-refractivity contribution in [3.05, 3.63) is 35.4 Å². The van der Waals surface area contributed by atoms with Crippen LogP contribution in [0.5, 0.6) is 0 Å². The number of aryl methyl sites for hydroxylation is 1. The third-order valence-electron chi connectivity index (χ3n) is 3.53. The van der Waals surface area contributed by atoms with Gasteiger partial charge in [-0.15, -0.1) is 0 Å². The fraction of sp³-hybridized carbons (Fsp3) is 0.467. The van der Waals surface area contributed by atoms with Gasteiger partial charge < -0.3 is 14.9 Å². The fourth-order valence-electron chi connectivity index (χ4n) is 2.21. The van der Waals surface area contributed by atoms with E-state index < -0.39 is 5.97 Å². The lowest BCUT2D eigenvalue weighted by Crippen LogP contribution is -2.44. The van der Waals surface area contributed by atoms with Gasteiger partial charge in [-0.25, -0.2) is 4.79 Å². The first-order valence-electron chi connectivity index (χ1n) is 6.77. The lowest BCUT2D eigenvalue weighted by Gasteiger charge is -2.27. The second-order valence-corrected chi connectivity index (χ2v) is 5.32. The van der Waals surface area contributed by atoms with E-state index in [-0.39, 0.29) is 18.6 Å². The second-order valence-electron chi connectivity index (χ2n) is 5.32. The molecule has 0 radical (unpaired) electrons. The molecule has 1 aromatic carbocycles. The molecule has 0 unspecified atom stereocenters. The second kappa shape index (κ2) is 5.94. The van der Waals surface area contributed by atoms with Gasteiger partial charge in [-0.2, -0.15) is 0 Å². The summed E-state index contributed by atoms with van der Waals surface area (Å²) in [6.07, 6.45) is 1.80. The van der Waals surface area contributed by atoms with Crippen molar-refractivity contribution >= 4 is 12.0 Å². The summed E-state index contributed by atoms with van der Waals surface area (Å²) in [5.74, 6) is -0.963. The zero-order chi connectivity index (χ0) is 14.7. The molecule has 1 aliphatic rings. The van der Waals surface area contributed by atoms with Crippen LogP contribution < -0.4 is 0 Å². The van der Waals surface area contributed by atoms with Gasteiger partial charge in [0.1, 0.15) is 6.54 Å². The minimum Gasteiger partial charge on any atom is -0.480 e. The molecule has 0 heterocycles. The first-order valence-corrected chi connectivity index (χ1v) is 6.77. The number of carboxylic acid groups (broad SMARTS) is 1. The van der Waals surface area contributed by atoms with Gasteiger partial charge in [0.05, 0.1) is 0 Å². The number of aliphatic carboxylic acids is 1. The van der Waals surface area contributed by atoms with Gasteiger partial charge in [0.2, 0.25) is 0 Å². The van der Waals surface area contributed by atoms with Crippen LogP contribution in [0.15, 0.2) is 24.3 Å². The van der Waals surface area contributed by atoms with Crippen LogP contribution in [-0.4, -0.2) is 46.5 Å². The molecular formula is C15H20N2O3. The lowest BCUT2D eigenvalue weighted by molar-refractivity contribution is -0.137. The molecule has 5 nitrogen and oxygen atoms in total. The zero-order valence-electron chi connectivity index (χ0n) is 11.9. The number of carbonyl (C=O) groups excluding carboxylic acids is 1. The summed E-state index contributed by atoms with van der Waals surface area (Å²) in [6.45, 7) is 2.28. The quantitative estimate of drug-likeness (QED) is 0.896. The molecule has 2 rings (SSSR count). The van der Waals surface area contributed by atoms with E-state index in [0.29, 0.717) is 6.54 Å². The van der Waals surface area contributed by atoms with E-state index in [2.05, 4.69) is 0 Å². The fourth-order valence-corrected chi connectivity index (χ4v) is 2.21. The van der Waals surface area contributed by atoms with Gasteiger partial charge in [-0.1, -0.05) is 24.3 Å².